The predicted octanol–water partition coefficient (Wildman–Crippen LogP) is -3.93. The Kier molecular flexibility index (Phi) is 8.70. The quantitative estimate of drug-likeness (QED) is 0.289. The van der Waals surface area contributed by atoms with Gasteiger partial charge in [0.15, 0.2) is 0 Å². The molecule has 0 aliphatic rings. The molecule has 0 rings (SSSR count). The maximum absolute atomic E-state index is 11.3. The molecule has 10 heteroatoms. The summed E-state index contributed by atoms with van der Waals surface area (Å²) in [5, 5.41) is 0. The zero-order chi connectivity index (χ0) is 13.6. The first-order valence-electron chi connectivity index (χ1n) is 4.23. The molecule has 0 unspecified atom stereocenters. The van der Waals surface area contributed by atoms with Crippen LogP contribution in [0.1, 0.15) is 22.2 Å². The maximum Gasteiger partial charge on any atom is 1.00 e. The molecule has 0 aromatic heterocycles. The van der Waals surface area contributed by atoms with Crippen LogP contribution < -0.4 is 29.6 Å². The summed E-state index contributed by atoms with van der Waals surface area (Å²) in [6.07, 6.45) is 0. The Hall–Kier alpha value is -1.06. The van der Waals surface area contributed by atoms with Gasteiger partial charge in [0.2, 0.25) is 0 Å². The van der Waals surface area contributed by atoms with E-state index in [0.29, 0.717) is 0 Å². The van der Waals surface area contributed by atoms with Crippen LogP contribution in [0.15, 0.2) is 0 Å². The van der Waals surface area contributed by atoms with E-state index in [-0.39, 0.29) is 31.0 Å². The summed E-state index contributed by atoms with van der Waals surface area (Å²) in [5.41, 5.74) is 0. The van der Waals surface area contributed by atoms with E-state index in [0.717, 1.165) is 20.8 Å². The van der Waals surface area contributed by atoms with E-state index in [4.69, 9.17) is 0 Å². The fourth-order valence-electron chi connectivity index (χ4n) is 0.827. The molecule has 0 aromatic rings. The fraction of sp³-hybridized carbons (Fsp3) is 0.500. The van der Waals surface area contributed by atoms with E-state index in [9.17, 15) is 19.2 Å². The first kappa shape index (κ1) is 19.3. The molecule has 8 nitrogen and oxygen atoms in total. The summed E-state index contributed by atoms with van der Waals surface area (Å²) >= 11 is 0. The van der Waals surface area contributed by atoms with Crippen molar-refractivity contribution in [1.29, 1.82) is 0 Å². The smallest absolute Gasteiger partial charge is 1.00 e. The van der Waals surface area contributed by atoms with E-state index in [1.54, 1.807) is 0 Å². The molecule has 18 heavy (non-hydrogen) atoms. The van der Waals surface area contributed by atoms with Gasteiger partial charge in [-0.3, -0.25) is 14.4 Å². The number of hydrogen-bond donors (Lipinski definition) is 0. The molecule has 94 valence electrons. The van der Waals surface area contributed by atoms with E-state index in [1.165, 1.54) is 0 Å². The van der Waals surface area contributed by atoms with Gasteiger partial charge < -0.3 is 20.3 Å². The van der Waals surface area contributed by atoms with E-state index in [2.05, 4.69) is 26.9 Å². The van der Waals surface area contributed by atoms with Crippen molar-refractivity contribution in [3.8, 4) is 0 Å². The molecule has 0 heterocycles. The monoisotopic (exact) mass is 268 g/mol. The van der Waals surface area contributed by atoms with Gasteiger partial charge in [0, 0.05) is 20.8 Å². The third-order valence-electron chi connectivity index (χ3n) is 1.19. The first-order valence-corrected chi connectivity index (χ1v) is 4.23. The van der Waals surface area contributed by atoms with Gasteiger partial charge in [-0.15, -0.1) is 0 Å². The number of hydrogen-bond acceptors (Lipinski definition) is 8. The third-order valence-corrected chi connectivity index (χ3v) is 1.19. The van der Waals surface area contributed by atoms with Crippen molar-refractivity contribution in [2.45, 2.75) is 26.7 Å². The minimum absolute atomic E-state index is 0. The molecule has 0 fully saturated rings. The van der Waals surface area contributed by atoms with Crippen LogP contribution >= 0.6 is 0 Å². The van der Waals surface area contributed by atoms with Crippen LogP contribution in [-0.2, 0) is 38.0 Å². The van der Waals surface area contributed by atoms with Crippen LogP contribution in [0.4, 0.5) is 0 Å². The molecule has 0 aromatic carbocycles. The van der Waals surface area contributed by atoms with Gasteiger partial charge in [-0.2, -0.15) is 0 Å². The molecular formula is C8H10BNaO8. The molecule has 0 aliphatic heterocycles. The standard InChI is InChI=1S/C8H9BO8.Na.H/c1-4(10)14-8(7(13)17-9,15-5(2)11)16-6(3)12;;/h1-3H3;;/q;+1;-1. The predicted molar refractivity (Wildman–Crippen MR) is 51.0 cm³/mol. The minimum Gasteiger partial charge on any atom is -1.00 e. The number of carbonyl (C=O) groups is 4. The Bertz CT molecular complexity index is 320. The van der Waals surface area contributed by atoms with Gasteiger partial charge in [-0.25, -0.2) is 4.79 Å². The molecule has 0 N–H and O–H groups in total. The summed E-state index contributed by atoms with van der Waals surface area (Å²) in [6.45, 7) is 2.68. The minimum atomic E-state index is -2.96. The van der Waals surface area contributed by atoms with Crippen molar-refractivity contribution >= 4 is 31.9 Å². The number of esters is 3. The van der Waals surface area contributed by atoms with Crippen LogP contribution in [-0.4, -0.2) is 37.9 Å². The van der Waals surface area contributed by atoms with Gasteiger partial charge in [0.25, 0.3) is 0 Å². The molecule has 0 saturated heterocycles. The average molecular weight is 268 g/mol. The zero-order valence-corrected chi connectivity index (χ0v) is 12.3. The third kappa shape index (κ3) is 6.03. The van der Waals surface area contributed by atoms with Crippen LogP contribution in [0.5, 0.6) is 0 Å². The molecular weight excluding hydrogens is 258 g/mol. The molecule has 0 spiro atoms. The van der Waals surface area contributed by atoms with Crippen molar-refractivity contribution in [1.82, 2.24) is 0 Å². The van der Waals surface area contributed by atoms with E-state index in [1.807, 2.05) is 0 Å². The summed E-state index contributed by atoms with van der Waals surface area (Å²) < 4.78 is 16.7. The number of ether oxygens (including phenoxy) is 3. The first-order chi connectivity index (χ1) is 7.73. The fourth-order valence-corrected chi connectivity index (χ4v) is 0.827. The Morgan fingerprint density at radius 1 is 0.889 bits per heavy atom. The summed E-state index contributed by atoms with van der Waals surface area (Å²) in [5.74, 6) is -7.70. The van der Waals surface area contributed by atoms with Gasteiger partial charge >= 0.3 is 67.5 Å². The molecule has 0 saturated carbocycles. The molecule has 2 radical (unpaired) electrons. The van der Waals surface area contributed by atoms with Crippen molar-refractivity contribution in [3.63, 3.8) is 0 Å². The Morgan fingerprint density at radius 3 is 1.33 bits per heavy atom. The second-order valence-corrected chi connectivity index (χ2v) is 2.74. The van der Waals surface area contributed by atoms with Crippen molar-refractivity contribution < 1.29 is 69.0 Å². The summed E-state index contributed by atoms with van der Waals surface area (Å²) in [7, 11) is 4.56. The zero-order valence-electron chi connectivity index (χ0n) is 11.3. The average Bonchev–Trinajstić information content (AvgIpc) is 2.12. The summed E-state index contributed by atoms with van der Waals surface area (Å²) in [6, 6.07) is 0. The maximum atomic E-state index is 11.3. The van der Waals surface area contributed by atoms with Crippen molar-refractivity contribution in [3.05, 3.63) is 0 Å². The van der Waals surface area contributed by atoms with Crippen LogP contribution in [0, 0.1) is 0 Å². The number of carbonyl (C=O) groups excluding carboxylic acids is 4. The SMILES string of the molecule is [B]OC(=O)C(OC(C)=O)(OC(C)=O)OC(C)=O.[H-].[Na+]. The van der Waals surface area contributed by atoms with Gasteiger partial charge in [0.1, 0.15) is 0 Å². The second-order valence-electron chi connectivity index (χ2n) is 2.74. The van der Waals surface area contributed by atoms with Crippen LogP contribution in [0.2, 0.25) is 0 Å². The summed E-state index contributed by atoms with van der Waals surface area (Å²) in [4.78, 5) is 43.6. The molecule has 0 atom stereocenters. The van der Waals surface area contributed by atoms with Crippen LogP contribution in [0.25, 0.3) is 0 Å². The van der Waals surface area contributed by atoms with Gasteiger partial charge in [-0.05, 0) is 0 Å². The van der Waals surface area contributed by atoms with Crippen molar-refractivity contribution in [2.24, 2.45) is 0 Å². The topological polar surface area (TPSA) is 105 Å². The molecule has 0 bridgehead atoms. The van der Waals surface area contributed by atoms with Gasteiger partial charge in [0.05, 0.1) is 0 Å². The largest absolute Gasteiger partial charge is 1.00 e. The Morgan fingerprint density at radius 2 is 1.17 bits per heavy atom. The van der Waals surface area contributed by atoms with Crippen molar-refractivity contribution in [2.75, 3.05) is 0 Å². The van der Waals surface area contributed by atoms with Crippen LogP contribution in [0.3, 0.4) is 0 Å². The Balaban J connectivity index is -0.00000128. The second kappa shape index (κ2) is 8.12. The van der Waals surface area contributed by atoms with Gasteiger partial charge in [-0.1, -0.05) is 0 Å². The normalized spacial score (nSPS) is 9.50. The molecule has 0 amide bonds. The Labute approximate surface area is 127 Å². The molecule has 0 aliphatic carbocycles. The van der Waals surface area contributed by atoms with E-state index >= 15 is 0 Å². The van der Waals surface area contributed by atoms with E-state index < -0.39 is 29.9 Å². The number of rotatable bonds is 4.